The molecular weight excluding hydrogens is 1260 g/mol. The molecule has 75 heavy (non-hydrogen) atoms. The first-order valence-corrected chi connectivity index (χ1v) is 28.3. The van der Waals surface area contributed by atoms with Crippen LogP contribution >= 0.6 is 67.8 Å². The van der Waals surface area contributed by atoms with E-state index in [4.69, 9.17) is 24.9 Å². The van der Waals surface area contributed by atoms with Crippen molar-refractivity contribution in [3.8, 4) is 79.4 Å². The molecule has 13 aromatic rings. The van der Waals surface area contributed by atoms with E-state index in [1.807, 2.05) is 24.3 Å². The molecule has 7 nitrogen and oxygen atoms in total. The molecule has 360 valence electrons. The Morgan fingerprint density at radius 3 is 1.64 bits per heavy atom. The Hall–Kier alpha value is -7.14. The van der Waals surface area contributed by atoms with E-state index in [-0.39, 0.29) is 0 Å². The molecule has 0 aliphatic carbocycles. The highest BCUT2D eigenvalue weighted by molar-refractivity contribution is 14.1. The Balaban J connectivity index is 1.13. The van der Waals surface area contributed by atoms with Crippen molar-refractivity contribution >= 4 is 111 Å². The van der Waals surface area contributed by atoms with E-state index < -0.39 is 0 Å². The van der Waals surface area contributed by atoms with Gasteiger partial charge in [0.1, 0.15) is 0 Å². The van der Waals surface area contributed by atoms with Gasteiger partial charge in [0.15, 0.2) is 23.3 Å². The van der Waals surface area contributed by atoms with Gasteiger partial charge in [0, 0.05) is 71.3 Å². The minimum Gasteiger partial charge on any atom is -0.309 e. The maximum atomic E-state index is 5.56. The first-order chi connectivity index (χ1) is 36.8. The van der Waals surface area contributed by atoms with Gasteiger partial charge in [-0.1, -0.05) is 141 Å². The Kier molecular flexibility index (Phi) is 12.8. The predicted octanol–water partition coefficient (Wildman–Crippen LogP) is 18.0. The molecule has 9 aromatic carbocycles. The molecule has 0 unspecified atom stereocenters. The van der Waals surface area contributed by atoms with Crippen molar-refractivity contribution in [2.75, 3.05) is 0 Å². The largest absolute Gasteiger partial charge is 0.309 e. The second-order valence-electron chi connectivity index (χ2n) is 18.7. The van der Waals surface area contributed by atoms with Gasteiger partial charge in [0.2, 0.25) is 0 Å². The standard InChI is InChI=1S/C65H44I3N7/c1-2-3-17-40-32-44(34-46(66)33-40)63-71-64(45-35-47(67)38-48(68)36-45)73-65(72-63)53-37-43(55-39-54(41-18-7-4-8-19-41)69-62(70-55)42-20-9-5-10-21-42)28-30-58(53)75-57-27-16-14-25-52(57)60-59(75)31-29-51-50-24-13-15-26-56(50)74(61(51)60)49-22-11-6-12-23-49/h4-16,18-39H,2-3,17H2,1H3. The lowest BCUT2D eigenvalue weighted by molar-refractivity contribution is 0.795. The fourth-order valence-electron chi connectivity index (χ4n) is 10.5. The zero-order valence-corrected chi connectivity index (χ0v) is 47.1. The molecule has 0 aliphatic rings. The van der Waals surface area contributed by atoms with Gasteiger partial charge in [-0.3, -0.25) is 0 Å². The van der Waals surface area contributed by atoms with Crippen LogP contribution in [0.1, 0.15) is 25.3 Å². The number of rotatable bonds is 11. The minimum absolute atomic E-state index is 0.556. The van der Waals surface area contributed by atoms with Gasteiger partial charge in [-0.25, -0.2) is 24.9 Å². The van der Waals surface area contributed by atoms with Crippen LogP contribution in [0, 0.1) is 10.7 Å². The number of aromatic nitrogens is 7. The number of benzene rings is 9. The summed E-state index contributed by atoms with van der Waals surface area (Å²) < 4.78 is 8.19. The first-order valence-electron chi connectivity index (χ1n) is 25.0. The maximum absolute atomic E-state index is 5.56. The molecule has 0 fully saturated rings. The quantitative estimate of drug-likeness (QED) is 0.121. The van der Waals surface area contributed by atoms with Crippen molar-refractivity contribution < 1.29 is 0 Å². The summed E-state index contributed by atoms with van der Waals surface area (Å²) in [7, 11) is 0. The molecule has 0 amide bonds. The van der Waals surface area contributed by atoms with Crippen LogP contribution in [0.3, 0.4) is 0 Å². The van der Waals surface area contributed by atoms with E-state index in [2.05, 4.69) is 272 Å². The van der Waals surface area contributed by atoms with Crippen molar-refractivity contribution in [3.63, 3.8) is 0 Å². The zero-order chi connectivity index (χ0) is 50.6. The van der Waals surface area contributed by atoms with Gasteiger partial charge in [-0.05, 0) is 171 Å². The molecule has 0 spiro atoms. The molecule has 0 N–H and O–H groups in total. The second-order valence-corrected chi connectivity index (χ2v) is 22.5. The highest BCUT2D eigenvalue weighted by Gasteiger charge is 2.25. The summed E-state index contributed by atoms with van der Waals surface area (Å²) in [5.74, 6) is 2.43. The number of halogens is 3. The van der Waals surface area contributed by atoms with Gasteiger partial charge in [-0.15, -0.1) is 0 Å². The van der Waals surface area contributed by atoms with Crippen LogP contribution in [0.2, 0.25) is 0 Å². The third-order valence-electron chi connectivity index (χ3n) is 13.9. The van der Waals surface area contributed by atoms with E-state index in [1.165, 1.54) is 16.3 Å². The average molecular weight is 1300 g/mol. The van der Waals surface area contributed by atoms with Gasteiger partial charge >= 0.3 is 0 Å². The van der Waals surface area contributed by atoms with Gasteiger partial charge in [0.25, 0.3) is 0 Å². The topological polar surface area (TPSA) is 74.3 Å². The Labute approximate surface area is 475 Å². The number of fused-ring (bicyclic) bond motifs is 7. The van der Waals surface area contributed by atoms with Crippen LogP contribution in [-0.2, 0) is 6.42 Å². The third kappa shape index (κ3) is 8.99. The molecule has 0 atom stereocenters. The molecular formula is C65H44I3N7. The fraction of sp³-hybridized carbons (Fsp3) is 0.0615. The van der Waals surface area contributed by atoms with Gasteiger partial charge in [0.05, 0.1) is 39.1 Å². The van der Waals surface area contributed by atoms with Crippen LogP contribution < -0.4 is 0 Å². The number of para-hydroxylation sites is 3. The van der Waals surface area contributed by atoms with Crippen LogP contribution in [0.15, 0.2) is 212 Å². The normalized spacial score (nSPS) is 11.6. The Morgan fingerprint density at radius 2 is 0.947 bits per heavy atom. The monoisotopic (exact) mass is 1300 g/mol. The number of unbranched alkanes of at least 4 members (excludes halogenated alkanes) is 1. The lowest BCUT2D eigenvalue weighted by Gasteiger charge is -2.17. The SMILES string of the molecule is CCCCc1cc(I)cc(-c2nc(-c3cc(I)cc(I)c3)nc(-c3cc(-c4cc(-c5ccccc5)nc(-c5ccccc5)n4)ccc3-n3c4ccccc4c4c3ccc3c5ccccc5n(-c5ccccc5)c34)n2)c1. The summed E-state index contributed by atoms with van der Waals surface area (Å²) in [6.45, 7) is 2.24. The molecule has 0 radical (unpaired) electrons. The van der Waals surface area contributed by atoms with E-state index in [0.29, 0.717) is 23.3 Å². The molecule has 4 aromatic heterocycles. The minimum atomic E-state index is 0.556. The molecule has 4 heterocycles. The predicted molar refractivity (Wildman–Crippen MR) is 333 cm³/mol. The third-order valence-corrected chi connectivity index (χ3v) is 15.7. The smallest absolute Gasteiger partial charge is 0.166 e. The fourth-order valence-corrected chi connectivity index (χ4v) is 13.2. The Bertz CT molecular complexity index is 4250. The van der Waals surface area contributed by atoms with Crippen molar-refractivity contribution in [2.24, 2.45) is 0 Å². The lowest BCUT2D eigenvalue weighted by Crippen LogP contribution is -2.05. The average Bonchev–Trinajstić information content (AvgIpc) is 4.11. The number of hydrogen-bond acceptors (Lipinski definition) is 5. The zero-order valence-electron chi connectivity index (χ0n) is 40.6. The van der Waals surface area contributed by atoms with Crippen molar-refractivity contribution in [1.29, 1.82) is 0 Å². The van der Waals surface area contributed by atoms with Crippen LogP contribution in [0.25, 0.3) is 123 Å². The van der Waals surface area contributed by atoms with Crippen LogP contribution in [-0.4, -0.2) is 34.1 Å². The van der Waals surface area contributed by atoms with Gasteiger partial charge in [-0.2, -0.15) is 0 Å². The maximum Gasteiger partial charge on any atom is 0.166 e. The van der Waals surface area contributed by atoms with Crippen LogP contribution in [0.5, 0.6) is 0 Å². The molecule has 13 rings (SSSR count). The summed E-state index contributed by atoms with van der Waals surface area (Å²) in [5, 5.41) is 4.71. The highest BCUT2D eigenvalue weighted by Crippen LogP contribution is 2.44. The summed E-state index contributed by atoms with van der Waals surface area (Å²) in [4.78, 5) is 26.9. The summed E-state index contributed by atoms with van der Waals surface area (Å²) in [6, 6.07) is 75.3. The molecule has 0 saturated carbocycles. The molecule has 10 heteroatoms. The summed E-state index contributed by atoms with van der Waals surface area (Å²) in [5.41, 5.74) is 14.9. The van der Waals surface area contributed by atoms with Crippen molar-refractivity contribution in [1.82, 2.24) is 34.1 Å². The van der Waals surface area contributed by atoms with E-state index in [9.17, 15) is 0 Å². The number of aryl methyl sites for hydroxylation is 1. The van der Waals surface area contributed by atoms with E-state index in [0.717, 1.165) is 119 Å². The first kappa shape index (κ1) is 47.6. The second kappa shape index (κ2) is 20.2. The van der Waals surface area contributed by atoms with E-state index >= 15 is 0 Å². The summed E-state index contributed by atoms with van der Waals surface area (Å²) >= 11 is 7.22. The van der Waals surface area contributed by atoms with E-state index in [1.54, 1.807) is 0 Å². The van der Waals surface area contributed by atoms with Crippen LogP contribution in [0.4, 0.5) is 0 Å². The molecule has 0 bridgehead atoms. The number of nitrogens with zero attached hydrogens (tertiary/aromatic N) is 7. The van der Waals surface area contributed by atoms with Crippen molar-refractivity contribution in [3.05, 3.63) is 229 Å². The van der Waals surface area contributed by atoms with Crippen molar-refractivity contribution in [2.45, 2.75) is 26.2 Å². The number of hydrogen-bond donors (Lipinski definition) is 0. The molecule has 0 aliphatic heterocycles. The lowest BCUT2D eigenvalue weighted by atomic mass is 10.0. The highest BCUT2D eigenvalue weighted by atomic mass is 127. The Morgan fingerprint density at radius 1 is 0.387 bits per heavy atom. The molecule has 0 saturated heterocycles. The van der Waals surface area contributed by atoms with Gasteiger partial charge < -0.3 is 9.13 Å². The summed E-state index contributed by atoms with van der Waals surface area (Å²) in [6.07, 6.45) is 3.19.